The predicted molar refractivity (Wildman–Crippen MR) is 124 cm³/mol. The van der Waals surface area contributed by atoms with E-state index in [9.17, 15) is 9.90 Å². The number of ether oxygens (including phenoxy) is 1. The van der Waals surface area contributed by atoms with Crippen LogP contribution in [0.15, 0.2) is 54.7 Å². The van der Waals surface area contributed by atoms with Crippen LogP contribution in [0.2, 0.25) is 0 Å². The first-order valence-electron chi connectivity index (χ1n) is 10.3. The molecule has 31 heavy (non-hydrogen) atoms. The molecule has 0 saturated heterocycles. The molecule has 0 aliphatic heterocycles. The number of hydrogen-bond donors (Lipinski definition) is 3. The zero-order valence-corrected chi connectivity index (χ0v) is 18.4. The fraction of sp³-hybridized carbons (Fsp3) is 0.280. The third kappa shape index (κ3) is 5.54. The van der Waals surface area contributed by atoms with Crippen LogP contribution in [0.4, 0.5) is 10.6 Å². The second kappa shape index (κ2) is 9.08. The number of benzene rings is 2. The van der Waals surface area contributed by atoms with E-state index in [0.717, 1.165) is 39.8 Å². The van der Waals surface area contributed by atoms with E-state index >= 15 is 0 Å². The highest BCUT2D eigenvalue weighted by Crippen LogP contribution is 2.36. The van der Waals surface area contributed by atoms with Crippen molar-refractivity contribution in [3.8, 4) is 28.0 Å². The quantitative estimate of drug-likeness (QED) is 0.522. The van der Waals surface area contributed by atoms with Crippen molar-refractivity contribution in [3.05, 3.63) is 65.9 Å². The Morgan fingerprint density at radius 2 is 1.84 bits per heavy atom. The van der Waals surface area contributed by atoms with Crippen LogP contribution >= 0.6 is 0 Å². The van der Waals surface area contributed by atoms with Gasteiger partial charge in [0.15, 0.2) is 0 Å². The number of alkyl carbamates (subject to hydrolysis) is 1. The second-order valence-electron chi connectivity index (χ2n) is 8.37. The minimum absolute atomic E-state index is 0.218. The van der Waals surface area contributed by atoms with E-state index in [0.29, 0.717) is 12.4 Å². The number of hydrogen-bond acceptors (Lipinski definition) is 5. The van der Waals surface area contributed by atoms with E-state index < -0.39 is 11.7 Å². The number of nitrogens with two attached hydrogens (primary N) is 1. The number of phenols is 1. The first-order valence-corrected chi connectivity index (χ1v) is 10.3. The van der Waals surface area contributed by atoms with Crippen molar-refractivity contribution in [2.24, 2.45) is 0 Å². The average Bonchev–Trinajstić information content (AvgIpc) is 2.71. The van der Waals surface area contributed by atoms with Crippen molar-refractivity contribution < 1.29 is 14.6 Å². The number of nitrogens with one attached hydrogen (secondary N) is 1. The molecular weight excluding hydrogens is 390 g/mol. The summed E-state index contributed by atoms with van der Waals surface area (Å²) >= 11 is 0. The minimum Gasteiger partial charge on any atom is -0.508 e. The van der Waals surface area contributed by atoms with Gasteiger partial charge < -0.3 is 20.9 Å². The number of pyridine rings is 1. The van der Waals surface area contributed by atoms with E-state index in [1.807, 2.05) is 57.2 Å². The Labute approximate surface area is 183 Å². The number of nitrogens with zero attached hydrogens (tertiary/aromatic N) is 1. The van der Waals surface area contributed by atoms with E-state index in [1.165, 1.54) is 0 Å². The summed E-state index contributed by atoms with van der Waals surface area (Å²) < 4.78 is 5.31. The molecule has 1 heterocycles. The van der Waals surface area contributed by atoms with Gasteiger partial charge >= 0.3 is 6.09 Å². The third-order valence-electron chi connectivity index (χ3n) is 4.80. The van der Waals surface area contributed by atoms with Crippen LogP contribution in [0.3, 0.4) is 0 Å². The molecule has 6 nitrogen and oxygen atoms in total. The van der Waals surface area contributed by atoms with Gasteiger partial charge in [-0.25, -0.2) is 9.78 Å². The average molecular weight is 420 g/mol. The molecule has 0 fully saturated rings. The van der Waals surface area contributed by atoms with Gasteiger partial charge in [0.25, 0.3) is 0 Å². The van der Waals surface area contributed by atoms with Gasteiger partial charge in [0.05, 0.1) is 0 Å². The molecule has 3 rings (SSSR count). The van der Waals surface area contributed by atoms with Gasteiger partial charge in [-0.05, 0) is 67.6 Å². The lowest BCUT2D eigenvalue weighted by Crippen LogP contribution is -2.32. The predicted octanol–water partition coefficient (Wildman–Crippen LogP) is 5.29. The molecule has 0 radical (unpaired) electrons. The summed E-state index contributed by atoms with van der Waals surface area (Å²) in [7, 11) is 0. The Balaban J connectivity index is 1.94. The minimum atomic E-state index is -0.545. The summed E-state index contributed by atoms with van der Waals surface area (Å²) in [6.07, 6.45) is 2.08. The smallest absolute Gasteiger partial charge is 0.407 e. The van der Waals surface area contributed by atoms with Crippen molar-refractivity contribution in [2.75, 3.05) is 5.73 Å². The van der Waals surface area contributed by atoms with Gasteiger partial charge in [-0.15, -0.1) is 0 Å². The van der Waals surface area contributed by atoms with Gasteiger partial charge in [0.2, 0.25) is 0 Å². The fourth-order valence-electron chi connectivity index (χ4n) is 3.47. The van der Waals surface area contributed by atoms with E-state index in [2.05, 4.69) is 17.2 Å². The molecule has 0 unspecified atom stereocenters. The van der Waals surface area contributed by atoms with E-state index in [1.54, 1.807) is 18.3 Å². The van der Waals surface area contributed by atoms with Crippen LogP contribution in [0.25, 0.3) is 22.3 Å². The molecule has 6 heteroatoms. The monoisotopic (exact) mass is 419 g/mol. The highest BCUT2D eigenvalue weighted by molar-refractivity contribution is 5.84. The second-order valence-corrected chi connectivity index (χ2v) is 8.37. The normalized spacial score (nSPS) is 11.2. The molecule has 3 aromatic rings. The molecular formula is C25H29N3O3. The van der Waals surface area contributed by atoms with Crippen LogP contribution in [-0.2, 0) is 17.7 Å². The van der Waals surface area contributed by atoms with Gasteiger partial charge in [0, 0.05) is 23.9 Å². The molecule has 2 aromatic carbocycles. The summed E-state index contributed by atoms with van der Waals surface area (Å²) in [4.78, 5) is 16.4. The van der Waals surface area contributed by atoms with Gasteiger partial charge in [0.1, 0.15) is 17.2 Å². The summed E-state index contributed by atoms with van der Waals surface area (Å²) in [5, 5.41) is 12.4. The maximum atomic E-state index is 12.0. The molecule has 4 N–H and O–H groups in total. The van der Waals surface area contributed by atoms with Crippen molar-refractivity contribution in [1.29, 1.82) is 0 Å². The highest BCUT2D eigenvalue weighted by Gasteiger charge is 2.17. The lowest BCUT2D eigenvalue weighted by atomic mass is 9.91. The number of amides is 1. The van der Waals surface area contributed by atoms with Gasteiger partial charge in [-0.3, -0.25) is 0 Å². The van der Waals surface area contributed by atoms with Crippen LogP contribution in [0.1, 0.15) is 38.8 Å². The number of anilines is 1. The SMILES string of the molecule is CCc1c(-c2ccc(O)cc2)cnc(N)c1-c1cccc(CNC(=O)OC(C)(C)C)c1. The van der Waals surface area contributed by atoms with Crippen molar-refractivity contribution in [3.63, 3.8) is 0 Å². The molecule has 0 aliphatic rings. The van der Waals surface area contributed by atoms with Crippen LogP contribution in [0, 0.1) is 0 Å². The maximum Gasteiger partial charge on any atom is 0.407 e. The molecule has 0 atom stereocenters. The van der Waals surface area contributed by atoms with Gasteiger partial charge in [-0.1, -0.05) is 37.3 Å². The van der Waals surface area contributed by atoms with Crippen molar-refractivity contribution in [1.82, 2.24) is 10.3 Å². The standard InChI is InChI=1S/C25H29N3O3/c1-5-20-21(17-9-11-19(29)12-10-17)15-27-23(26)22(20)18-8-6-7-16(13-18)14-28-24(30)31-25(2,3)4/h6-13,15,29H,5,14H2,1-4H3,(H2,26,27)(H,28,30). The number of nitrogen functional groups attached to an aromatic ring is 1. The van der Waals surface area contributed by atoms with Crippen LogP contribution in [-0.4, -0.2) is 21.8 Å². The molecule has 0 saturated carbocycles. The highest BCUT2D eigenvalue weighted by atomic mass is 16.6. The number of rotatable bonds is 5. The largest absolute Gasteiger partial charge is 0.508 e. The van der Waals surface area contributed by atoms with Crippen LogP contribution < -0.4 is 11.1 Å². The third-order valence-corrected chi connectivity index (χ3v) is 4.80. The van der Waals surface area contributed by atoms with E-state index in [4.69, 9.17) is 10.5 Å². The molecule has 162 valence electrons. The Bertz CT molecular complexity index is 1070. The first kappa shape index (κ1) is 22.2. The number of carbonyl (C=O) groups is 1. The Hall–Kier alpha value is -3.54. The Morgan fingerprint density at radius 1 is 1.13 bits per heavy atom. The molecule has 1 aromatic heterocycles. The van der Waals surface area contributed by atoms with Crippen LogP contribution in [0.5, 0.6) is 5.75 Å². The Kier molecular flexibility index (Phi) is 6.49. The number of carbonyl (C=O) groups excluding carboxylic acids is 1. The first-order chi connectivity index (χ1) is 14.7. The lowest BCUT2D eigenvalue weighted by Gasteiger charge is -2.20. The lowest BCUT2D eigenvalue weighted by molar-refractivity contribution is 0.0523. The Morgan fingerprint density at radius 3 is 2.48 bits per heavy atom. The van der Waals surface area contributed by atoms with E-state index in [-0.39, 0.29) is 5.75 Å². The molecule has 0 bridgehead atoms. The maximum absolute atomic E-state index is 12.0. The van der Waals surface area contributed by atoms with Crippen molar-refractivity contribution in [2.45, 2.75) is 46.3 Å². The summed E-state index contributed by atoms with van der Waals surface area (Å²) in [6.45, 7) is 7.91. The summed E-state index contributed by atoms with van der Waals surface area (Å²) in [5.41, 5.74) is 11.5. The topological polar surface area (TPSA) is 97.5 Å². The zero-order chi connectivity index (χ0) is 22.6. The van der Waals surface area contributed by atoms with Gasteiger partial charge in [-0.2, -0.15) is 0 Å². The number of phenolic OH excluding ortho intramolecular Hbond substituents is 1. The fourth-order valence-corrected chi connectivity index (χ4v) is 3.47. The molecule has 1 amide bonds. The summed E-state index contributed by atoms with van der Waals surface area (Å²) in [5.74, 6) is 0.673. The number of aromatic hydroxyl groups is 1. The molecule has 0 spiro atoms. The van der Waals surface area contributed by atoms with Crippen molar-refractivity contribution >= 4 is 11.9 Å². The zero-order valence-electron chi connectivity index (χ0n) is 18.4. The molecule has 0 aliphatic carbocycles. The number of aromatic nitrogens is 1. The summed E-state index contributed by atoms with van der Waals surface area (Å²) in [6, 6.07) is 14.9.